The molecule has 11 heteroatoms. The Balaban J connectivity index is 1.33. The van der Waals surface area contributed by atoms with Crippen molar-refractivity contribution in [1.29, 1.82) is 0 Å². The number of nitrogens with zero attached hydrogens (tertiary/aromatic N) is 5. The second-order valence-corrected chi connectivity index (χ2v) is 9.57. The molecule has 174 valence electrons. The second kappa shape index (κ2) is 9.44. The predicted octanol–water partition coefficient (Wildman–Crippen LogP) is 2.32. The Labute approximate surface area is 195 Å². The van der Waals surface area contributed by atoms with E-state index in [2.05, 4.69) is 29.2 Å². The molecule has 0 aliphatic carbocycles. The predicted molar refractivity (Wildman–Crippen MR) is 124 cm³/mol. The Hall–Kier alpha value is -3.05. The lowest BCUT2D eigenvalue weighted by Crippen LogP contribution is -2.37. The van der Waals surface area contributed by atoms with Crippen LogP contribution in [0.4, 0.5) is 5.82 Å². The van der Waals surface area contributed by atoms with Crippen molar-refractivity contribution in [3.63, 3.8) is 0 Å². The van der Waals surface area contributed by atoms with Crippen molar-refractivity contribution in [2.24, 2.45) is 0 Å². The third-order valence-corrected chi connectivity index (χ3v) is 6.22. The molecule has 2 aromatic heterocycles. The van der Waals surface area contributed by atoms with Crippen molar-refractivity contribution < 1.29 is 19.0 Å². The van der Waals surface area contributed by atoms with E-state index in [1.54, 1.807) is 30.0 Å². The first kappa shape index (κ1) is 21.8. The maximum Gasteiger partial charge on any atom is 0.251 e. The zero-order valence-electron chi connectivity index (χ0n) is 18.6. The molecule has 1 fully saturated rings. The van der Waals surface area contributed by atoms with Crippen LogP contribution in [0, 0.1) is 0 Å². The molecule has 0 saturated carbocycles. The zero-order valence-corrected chi connectivity index (χ0v) is 19.4. The van der Waals surface area contributed by atoms with Crippen LogP contribution in [0.1, 0.15) is 24.2 Å². The van der Waals surface area contributed by atoms with Gasteiger partial charge in [0.15, 0.2) is 22.3 Å². The monoisotopic (exact) mass is 470 g/mol. The minimum absolute atomic E-state index is 0.176. The molecular weight excluding hydrogens is 444 g/mol. The molecular formula is C22H26N6O4S. The zero-order chi connectivity index (χ0) is 22.8. The minimum Gasteiger partial charge on any atom is -0.454 e. The van der Waals surface area contributed by atoms with E-state index in [1.807, 2.05) is 10.9 Å². The third kappa shape index (κ3) is 4.69. The van der Waals surface area contributed by atoms with Crippen LogP contribution in [-0.4, -0.2) is 70.5 Å². The number of hydrogen-bond acceptors (Lipinski definition) is 9. The lowest BCUT2D eigenvalue weighted by molar-refractivity contribution is 0.0951. The normalized spacial score (nSPS) is 15.4. The van der Waals surface area contributed by atoms with Crippen LogP contribution in [0.25, 0.3) is 11.0 Å². The Morgan fingerprint density at radius 3 is 2.82 bits per heavy atom. The SMILES string of the molecule is CC(C)Sc1nc(N2CCOCC2)c2cnn(CCNC(=O)c3ccc4c(c3)OCO4)c2n1. The van der Waals surface area contributed by atoms with Crippen LogP contribution < -0.4 is 19.7 Å². The van der Waals surface area contributed by atoms with Crippen LogP contribution in [0.3, 0.4) is 0 Å². The molecule has 2 aliphatic heterocycles. The molecule has 0 atom stereocenters. The maximum absolute atomic E-state index is 12.6. The number of fused-ring (bicyclic) bond motifs is 2. The van der Waals surface area contributed by atoms with E-state index < -0.39 is 0 Å². The molecule has 5 rings (SSSR count). The first-order valence-corrected chi connectivity index (χ1v) is 11.9. The number of aromatic nitrogens is 4. The fraction of sp³-hybridized carbons (Fsp3) is 0.455. The van der Waals surface area contributed by atoms with Gasteiger partial charge < -0.3 is 24.4 Å². The summed E-state index contributed by atoms with van der Waals surface area (Å²) >= 11 is 1.63. The minimum atomic E-state index is -0.176. The molecule has 1 saturated heterocycles. The molecule has 3 aromatic rings. The summed E-state index contributed by atoms with van der Waals surface area (Å²) in [7, 11) is 0. The summed E-state index contributed by atoms with van der Waals surface area (Å²) < 4.78 is 18.0. The fourth-order valence-corrected chi connectivity index (χ4v) is 4.48. The first-order valence-electron chi connectivity index (χ1n) is 11.0. The van der Waals surface area contributed by atoms with Gasteiger partial charge in [-0.2, -0.15) is 5.10 Å². The fourth-order valence-electron chi connectivity index (χ4n) is 3.78. The molecule has 4 heterocycles. The number of carbonyl (C=O) groups excluding carboxylic acids is 1. The number of rotatable bonds is 7. The molecule has 0 spiro atoms. The van der Waals surface area contributed by atoms with Gasteiger partial charge >= 0.3 is 0 Å². The Bertz CT molecular complexity index is 1160. The van der Waals surface area contributed by atoms with E-state index in [9.17, 15) is 4.79 Å². The standard InChI is InChI=1S/C22H26N6O4S/c1-14(2)33-22-25-19(27-7-9-30-10-8-27)16-12-24-28(20(16)26-22)6-5-23-21(29)15-3-4-17-18(11-15)32-13-31-17/h3-4,11-12,14H,5-10,13H2,1-2H3,(H,23,29). The smallest absolute Gasteiger partial charge is 0.251 e. The van der Waals surface area contributed by atoms with Crippen molar-refractivity contribution in [3.05, 3.63) is 30.0 Å². The van der Waals surface area contributed by atoms with Gasteiger partial charge in [0.1, 0.15) is 5.82 Å². The molecule has 0 unspecified atom stereocenters. The van der Waals surface area contributed by atoms with Gasteiger partial charge in [-0.15, -0.1) is 0 Å². The van der Waals surface area contributed by atoms with Crippen LogP contribution in [0.2, 0.25) is 0 Å². The second-order valence-electron chi connectivity index (χ2n) is 8.02. The van der Waals surface area contributed by atoms with Gasteiger partial charge in [0, 0.05) is 30.4 Å². The molecule has 33 heavy (non-hydrogen) atoms. The van der Waals surface area contributed by atoms with E-state index in [-0.39, 0.29) is 12.7 Å². The van der Waals surface area contributed by atoms with Gasteiger partial charge in [-0.3, -0.25) is 4.79 Å². The average molecular weight is 471 g/mol. The topological polar surface area (TPSA) is 104 Å². The lowest BCUT2D eigenvalue weighted by Gasteiger charge is -2.28. The number of amides is 1. The number of thioether (sulfide) groups is 1. The number of benzene rings is 1. The molecule has 1 N–H and O–H groups in total. The third-order valence-electron chi connectivity index (χ3n) is 5.35. The summed E-state index contributed by atoms with van der Waals surface area (Å²) in [6.07, 6.45) is 1.81. The van der Waals surface area contributed by atoms with E-state index in [0.717, 1.165) is 35.1 Å². The van der Waals surface area contributed by atoms with Crippen molar-refractivity contribution in [2.45, 2.75) is 30.8 Å². The van der Waals surface area contributed by atoms with E-state index in [1.165, 1.54) is 0 Å². The van der Waals surface area contributed by atoms with Gasteiger partial charge in [0.25, 0.3) is 5.91 Å². The summed E-state index contributed by atoms with van der Waals surface area (Å²) in [6, 6.07) is 5.16. The molecule has 1 amide bonds. The number of morpholine rings is 1. The molecule has 0 radical (unpaired) electrons. The highest BCUT2D eigenvalue weighted by Gasteiger charge is 2.21. The van der Waals surface area contributed by atoms with Crippen LogP contribution >= 0.6 is 11.8 Å². The van der Waals surface area contributed by atoms with Gasteiger partial charge in [0.05, 0.1) is 31.3 Å². The number of nitrogens with one attached hydrogen (secondary N) is 1. The number of ether oxygens (including phenoxy) is 3. The number of carbonyl (C=O) groups is 1. The molecule has 2 aliphatic rings. The highest BCUT2D eigenvalue weighted by Crippen LogP contribution is 2.32. The average Bonchev–Trinajstić information content (AvgIpc) is 3.45. The largest absolute Gasteiger partial charge is 0.454 e. The van der Waals surface area contributed by atoms with Crippen molar-refractivity contribution in [2.75, 3.05) is 44.5 Å². The highest BCUT2D eigenvalue weighted by molar-refractivity contribution is 7.99. The van der Waals surface area contributed by atoms with E-state index >= 15 is 0 Å². The summed E-state index contributed by atoms with van der Waals surface area (Å²) in [5.74, 6) is 1.95. The van der Waals surface area contributed by atoms with Crippen molar-refractivity contribution >= 4 is 34.5 Å². The van der Waals surface area contributed by atoms with Crippen molar-refractivity contribution in [3.8, 4) is 11.5 Å². The first-order chi connectivity index (χ1) is 16.1. The maximum atomic E-state index is 12.6. The summed E-state index contributed by atoms with van der Waals surface area (Å²) in [6.45, 7) is 8.25. The van der Waals surface area contributed by atoms with Crippen LogP contribution in [0.5, 0.6) is 11.5 Å². The summed E-state index contributed by atoms with van der Waals surface area (Å²) in [5, 5.41) is 9.49. The quantitative estimate of drug-likeness (QED) is 0.411. The summed E-state index contributed by atoms with van der Waals surface area (Å²) in [4.78, 5) is 24.4. The van der Waals surface area contributed by atoms with Gasteiger partial charge in [0.2, 0.25) is 6.79 Å². The molecule has 0 bridgehead atoms. The Kier molecular flexibility index (Phi) is 6.23. The van der Waals surface area contributed by atoms with Crippen molar-refractivity contribution in [1.82, 2.24) is 25.1 Å². The van der Waals surface area contributed by atoms with Gasteiger partial charge in [-0.25, -0.2) is 14.6 Å². The molecule has 10 nitrogen and oxygen atoms in total. The van der Waals surface area contributed by atoms with Gasteiger partial charge in [-0.05, 0) is 18.2 Å². The highest BCUT2D eigenvalue weighted by atomic mass is 32.2. The number of anilines is 1. The van der Waals surface area contributed by atoms with E-state index in [4.69, 9.17) is 24.2 Å². The van der Waals surface area contributed by atoms with E-state index in [0.29, 0.717) is 48.6 Å². The van der Waals surface area contributed by atoms with Crippen LogP contribution in [0.15, 0.2) is 29.6 Å². The van der Waals surface area contributed by atoms with Gasteiger partial charge in [-0.1, -0.05) is 25.6 Å². The molecule has 1 aromatic carbocycles. The Morgan fingerprint density at radius 2 is 2.00 bits per heavy atom. The Morgan fingerprint density at radius 1 is 1.18 bits per heavy atom. The lowest BCUT2D eigenvalue weighted by atomic mass is 10.2. The number of hydrogen-bond donors (Lipinski definition) is 1. The summed E-state index contributed by atoms with van der Waals surface area (Å²) in [5.41, 5.74) is 1.30. The van der Waals surface area contributed by atoms with Crippen LogP contribution in [-0.2, 0) is 11.3 Å².